The van der Waals surface area contributed by atoms with E-state index in [1.165, 1.54) is 52.7 Å². The average Bonchev–Trinajstić information content (AvgIpc) is 3.05. The Balaban J connectivity index is 1.88. The Hall–Kier alpha value is -2.09. The van der Waals surface area contributed by atoms with Crippen molar-refractivity contribution in [3.8, 4) is 5.69 Å². The van der Waals surface area contributed by atoms with Gasteiger partial charge in [-0.25, -0.2) is 4.57 Å². The first-order valence-corrected chi connectivity index (χ1v) is 11.2. The number of fused-ring (bicyclic) bond motifs is 2. The SMILES string of the molecule is CCCCc1ccc(-n2c[n+](C)c3cc4c(cc32)C(C)(C)C(C)(C)C4(C)C)cc1. The summed E-state index contributed by atoms with van der Waals surface area (Å²) < 4.78 is 4.63. The van der Waals surface area contributed by atoms with E-state index in [2.05, 4.69) is 107 Å². The van der Waals surface area contributed by atoms with E-state index in [0.717, 1.165) is 0 Å². The zero-order valence-electron chi connectivity index (χ0n) is 19.6. The fraction of sp³-hybridized carbons (Fsp3) is 0.519. The Morgan fingerprint density at radius 2 is 1.45 bits per heavy atom. The van der Waals surface area contributed by atoms with E-state index in [1.54, 1.807) is 0 Å². The maximum absolute atomic E-state index is 2.46. The van der Waals surface area contributed by atoms with Gasteiger partial charge in [-0.05, 0) is 70.0 Å². The molecule has 0 amide bonds. The lowest BCUT2D eigenvalue weighted by Gasteiger charge is -2.44. The predicted molar refractivity (Wildman–Crippen MR) is 123 cm³/mol. The first kappa shape index (κ1) is 20.2. The molecule has 2 heteroatoms. The molecule has 0 saturated heterocycles. The van der Waals surface area contributed by atoms with Crippen LogP contribution in [0.25, 0.3) is 16.7 Å². The number of hydrogen-bond acceptors (Lipinski definition) is 0. The number of unbranched alkanes of at least 4 members (excludes halogenated alkanes) is 1. The van der Waals surface area contributed by atoms with Crippen LogP contribution in [0.5, 0.6) is 0 Å². The minimum atomic E-state index is 0.123. The second-order valence-electron chi connectivity index (χ2n) is 10.6. The van der Waals surface area contributed by atoms with E-state index in [4.69, 9.17) is 0 Å². The summed E-state index contributed by atoms with van der Waals surface area (Å²) in [6, 6.07) is 14.0. The van der Waals surface area contributed by atoms with Crippen molar-refractivity contribution in [2.24, 2.45) is 12.5 Å². The second kappa shape index (κ2) is 6.45. The molecule has 2 aromatic carbocycles. The lowest BCUT2D eigenvalue weighted by atomic mass is 9.59. The third-order valence-corrected chi connectivity index (χ3v) is 8.55. The highest BCUT2D eigenvalue weighted by Crippen LogP contribution is 2.61. The molecular formula is C27H37N2+. The van der Waals surface area contributed by atoms with Gasteiger partial charge < -0.3 is 0 Å². The van der Waals surface area contributed by atoms with E-state index < -0.39 is 0 Å². The largest absolute Gasteiger partial charge is 0.249 e. The minimum absolute atomic E-state index is 0.123. The Morgan fingerprint density at radius 1 is 0.862 bits per heavy atom. The molecule has 2 nitrogen and oxygen atoms in total. The van der Waals surface area contributed by atoms with Gasteiger partial charge in [-0.3, -0.25) is 0 Å². The molecule has 0 fully saturated rings. The highest BCUT2D eigenvalue weighted by atomic mass is 15.1. The number of aromatic nitrogens is 2. The van der Waals surface area contributed by atoms with Crippen LogP contribution in [0.2, 0.25) is 0 Å². The molecule has 0 saturated carbocycles. The molecule has 4 rings (SSSR count). The predicted octanol–water partition coefficient (Wildman–Crippen LogP) is 6.39. The topological polar surface area (TPSA) is 8.81 Å². The monoisotopic (exact) mass is 389 g/mol. The highest BCUT2D eigenvalue weighted by Gasteiger charge is 2.57. The summed E-state index contributed by atoms with van der Waals surface area (Å²) in [6.07, 6.45) is 5.90. The van der Waals surface area contributed by atoms with Crippen LogP contribution in [0, 0.1) is 5.41 Å². The Kier molecular flexibility index (Phi) is 4.49. The number of nitrogens with zero attached hydrogens (tertiary/aromatic N) is 2. The number of rotatable bonds is 4. The van der Waals surface area contributed by atoms with Gasteiger partial charge in [0.15, 0.2) is 11.0 Å². The summed E-state index contributed by atoms with van der Waals surface area (Å²) in [5.41, 5.74) is 8.73. The molecular weight excluding hydrogens is 352 g/mol. The van der Waals surface area contributed by atoms with Crippen molar-refractivity contribution < 1.29 is 4.57 Å². The molecule has 1 heterocycles. The van der Waals surface area contributed by atoms with Gasteiger partial charge in [-0.15, -0.1) is 0 Å². The minimum Gasteiger partial charge on any atom is -0.232 e. The van der Waals surface area contributed by atoms with Gasteiger partial charge >= 0.3 is 0 Å². The van der Waals surface area contributed by atoms with Gasteiger partial charge in [0.25, 0.3) is 0 Å². The van der Waals surface area contributed by atoms with Gasteiger partial charge in [0.05, 0.1) is 7.05 Å². The van der Waals surface area contributed by atoms with E-state index in [1.807, 2.05) is 0 Å². The first-order valence-electron chi connectivity index (χ1n) is 11.2. The van der Waals surface area contributed by atoms with E-state index in [9.17, 15) is 0 Å². The molecule has 0 atom stereocenters. The van der Waals surface area contributed by atoms with Gasteiger partial charge in [0, 0.05) is 0 Å². The van der Waals surface area contributed by atoms with Crippen LogP contribution < -0.4 is 4.57 Å². The molecule has 0 radical (unpaired) electrons. The molecule has 0 unspecified atom stereocenters. The van der Waals surface area contributed by atoms with Crippen LogP contribution in [0.15, 0.2) is 42.7 Å². The molecule has 0 N–H and O–H groups in total. The van der Waals surface area contributed by atoms with E-state index >= 15 is 0 Å². The van der Waals surface area contributed by atoms with Crippen LogP contribution in [-0.4, -0.2) is 4.57 Å². The van der Waals surface area contributed by atoms with E-state index in [-0.39, 0.29) is 16.2 Å². The Labute approximate surface area is 176 Å². The standard InChI is InChI=1S/C27H37N2/c1-9-10-11-19-12-14-20(15-13-19)29-18-28(8)23-16-21-22(17-24(23)29)26(4,5)27(6,7)25(21,2)3/h12-18H,9-11H2,1-8H3/q+1. The lowest BCUT2D eigenvalue weighted by molar-refractivity contribution is -0.645. The molecule has 0 aliphatic heterocycles. The third-order valence-electron chi connectivity index (χ3n) is 8.55. The summed E-state index contributed by atoms with van der Waals surface area (Å²) in [6.45, 7) is 16.8. The van der Waals surface area contributed by atoms with Crippen molar-refractivity contribution >= 4 is 11.0 Å². The van der Waals surface area contributed by atoms with Crippen LogP contribution in [0.4, 0.5) is 0 Å². The van der Waals surface area contributed by atoms with Crippen LogP contribution in [-0.2, 0) is 24.3 Å². The van der Waals surface area contributed by atoms with Crippen molar-refractivity contribution in [3.63, 3.8) is 0 Å². The van der Waals surface area contributed by atoms with Gasteiger partial charge in [0.1, 0.15) is 5.69 Å². The summed E-state index contributed by atoms with van der Waals surface area (Å²) in [5.74, 6) is 0. The smallest absolute Gasteiger partial charge is 0.232 e. The summed E-state index contributed by atoms with van der Waals surface area (Å²) in [7, 11) is 2.17. The molecule has 1 aromatic heterocycles. The van der Waals surface area contributed by atoms with Crippen LogP contribution in [0.1, 0.15) is 78.0 Å². The quantitative estimate of drug-likeness (QED) is 0.457. The van der Waals surface area contributed by atoms with Crippen molar-refractivity contribution in [3.05, 3.63) is 59.4 Å². The zero-order valence-corrected chi connectivity index (χ0v) is 19.6. The molecule has 154 valence electrons. The normalized spacial score (nSPS) is 18.9. The molecule has 0 spiro atoms. The fourth-order valence-corrected chi connectivity index (χ4v) is 5.25. The number of hydrogen-bond donors (Lipinski definition) is 0. The summed E-state index contributed by atoms with van der Waals surface area (Å²) in [5, 5.41) is 0. The second-order valence-corrected chi connectivity index (χ2v) is 10.6. The first-order chi connectivity index (χ1) is 13.5. The molecule has 1 aliphatic rings. The van der Waals surface area contributed by atoms with Crippen molar-refractivity contribution in [1.29, 1.82) is 0 Å². The molecule has 3 aromatic rings. The zero-order chi connectivity index (χ0) is 21.2. The summed E-state index contributed by atoms with van der Waals surface area (Å²) in [4.78, 5) is 0. The van der Waals surface area contributed by atoms with Crippen molar-refractivity contribution in [2.75, 3.05) is 0 Å². The molecule has 1 aliphatic carbocycles. The van der Waals surface area contributed by atoms with Gasteiger partial charge in [-0.1, -0.05) is 67.0 Å². The maximum Gasteiger partial charge on any atom is 0.249 e. The molecule has 29 heavy (non-hydrogen) atoms. The van der Waals surface area contributed by atoms with Crippen LogP contribution >= 0.6 is 0 Å². The van der Waals surface area contributed by atoms with E-state index in [0.29, 0.717) is 0 Å². The van der Waals surface area contributed by atoms with Gasteiger partial charge in [-0.2, -0.15) is 4.57 Å². The van der Waals surface area contributed by atoms with Crippen molar-refractivity contribution in [1.82, 2.24) is 4.57 Å². The van der Waals surface area contributed by atoms with Gasteiger partial charge in [0.2, 0.25) is 6.33 Å². The fourth-order valence-electron chi connectivity index (χ4n) is 5.25. The Bertz CT molecular complexity index is 1060. The van der Waals surface area contributed by atoms with Crippen molar-refractivity contribution in [2.45, 2.75) is 78.6 Å². The molecule has 0 bridgehead atoms. The highest BCUT2D eigenvalue weighted by molar-refractivity contribution is 5.78. The third kappa shape index (κ3) is 2.71. The maximum atomic E-state index is 2.46. The lowest BCUT2D eigenvalue weighted by Crippen LogP contribution is -2.42. The Morgan fingerprint density at radius 3 is 2.03 bits per heavy atom. The number of benzene rings is 2. The number of imidazole rings is 1. The summed E-state index contributed by atoms with van der Waals surface area (Å²) >= 11 is 0. The van der Waals surface area contributed by atoms with Crippen LogP contribution in [0.3, 0.4) is 0 Å². The average molecular weight is 390 g/mol. The number of aryl methyl sites for hydroxylation is 2.